The summed E-state index contributed by atoms with van der Waals surface area (Å²) in [6.07, 6.45) is 7.62. The number of carbonyl (C=O) groups excluding carboxylic acids is 1. The van der Waals surface area contributed by atoms with E-state index in [0.717, 1.165) is 38.8 Å². The second kappa shape index (κ2) is 7.04. The molecule has 0 spiro atoms. The summed E-state index contributed by atoms with van der Waals surface area (Å²) in [5.74, 6) is 0.471. The number of unbranched alkanes of at least 4 members (excludes halogenated alkanes) is 2. The summed E-state index contributed by atoms with van der Waals surface area (Å²) in [5, 5.41) is 0. The van der Waals surface area contributed by atoms with Crippen molar-refractivity contribution >= 4 is 5.91 Å². The Morgan fingerprint density at radius 2 is 1.94 bits per heavy atom. The molecule has 0 bridgehead atoms. The van der Waals surface area contributed by atoms with E-state index in [1.54, 1.807) is 12.4 Å². The Bertz CT molecular complexity index is 287. The lowest BCUT2D eigenvalue weighted by atomic mass is 10.2. The Hall–Kier alpha value is -1.32. The second-order valence-corrected chi connectivity index (χ2v) is 3.94. The van der Waals surface area contributed by atoms with Gasteiger partial charge in [-0.2, -0.15) is 0 Å². The van der Waals surface area contributed by atoms with Gasteiger partial charge in [0.15, 0.2) is 5.82 Å². The van der Waals surface area contributed by atoms with Crippen LogP contribution in [0.5, 0.6) is 0 Å². The molecule has 1 N–H and O–H groups in total. The van der Waals surface area contributed by atoms with Crippen LogP contribution < -0.4 is 0 Å². The zero-order chi connectivity index (χ0) is 11.8. The van der Waals surface area contributed by atoms with E-state index in [9.17, 15) is 4.79 Å². The van der Waals surface area contributed by atoms with Gasteiger partial charge in [-0.1, -0.05) is 26.7 Å². The standard InChI is InChI=1S/C12H21N3O/c1-3-5-9-15(10-6-4-2)12(16)11-13-7-8-14-11/h7-8H,3-6,9-10H2,1-2H3,(H,13,14). The molecule has 90 valence electrons. The highest BCUT2D eigenvalue weighted by molar-refractivity contribution is 5.90. The Balaban J connectivity index is 2.56. The number of aromatic amines is 1. The summed E-state index contributed by atoms with van der Waals surface area (Å²) < 4.78 is 0. The van der Waals surface area contributed by atoms with Gasteiger partial charge >= 0.3 is 0 Å². The lowest BCUT2D eigenvalue weighted by molar-refractivity contribution is 0.0740. The molecule has 0 aliphatic rings. The maximum absolute atomic E-state index is 12.0. The molecule has 0 aromatic carbocycles. The van der Waals surface area contributed by atoms with Crippen molar-refractivity contribution in [2.75, 3.05) is 13.1 Å². The summed E-state index contributed by atoms with van der Waals surface area (Å²) in [4.78, 5) is 20.8. The highest BCUT2D eigenvalue weighted by Gasteiger charge is 2.16. The van der Waals surface area contributed by atoms with E-state index in [4.69, 9.17) is 0 Å². The Morgan fingerprint density at radius 1 is 1.31 bits per heavy atom. The molecule has 0 unspecified atom stereocenters. The largest absolute Gasteiger partial charge is 0.341 e. The predicted molar refractivity (Wildman–Crippen MR) is 64.3 cm³/mol. The fourth-order valence-corrected chi connectivity index (χ4v) is 1.54. The SMILES string of the molecule is CCCCN(CCCC)C(=O)c1ncc[nH]1. The molecule has 1 heterocycles. The molecule has 1 aromatic heterocycles. The molecule has 1 aromatic rings. The maximum atomic E-state index is 12.0. The van der Waals surface area contributed by atoms with Crippen LogP contribution in [-0.4, -0.2) is 33.9 Å². The normalized spacial score (nSPS) is 10.4. The summed E-state index contributed by atoms with van der Waals surface area (Å²) in [7, 11) is 0. The van der Waals surface area contributed by atoms with Gasteiger partial charge in [0, 0.05) is 25.5 Å². The quantitative estimate of drug-likeness (QED) is 0.772. The number of H-pyrrole nitrogens is 1. The molecule has 4 nitrogen and oxygen atoms in total. The number of hydrogen-bond donors (Lipinski definition) is 1. The number of amides is 1. The molecule has 1 amide bonds. The van der Waals surface area contributed by atoms with E-state index in [-0.39, 0.29) is 5.91 Å². The first-order valence-corrected chi connectivity index (χ1v) is 6.08. The molecular weight excluding hydrogens is 202 g/mol. The monoisotopic (exact) mass is 223 g/mol. The number of nitrogens with one attached hydrogen (secondary N) is 1. The van der Waals surface area contributed by atoms with E-state index in [1.165, 1.54) is 0 Å². The summed E-state index contributed by atoms with van der Waals surface area (Å²) in [6, 6.07) is 0. The predicted octanol–water partition coefficient (Wildman–Crippen LogP) is 2.45. The summed E-state index contributed by atoms with van der Waals surface area (Å²) >= 11 is 0. The molecule has 0 radical (unpaired) electrons. The van der Waals surface area contributed by atoms with Gasteiger partial charge in [-0.05, 0) is 12.8 Å². The van der Waals surface area contributed by atoms with Crippen LogP contribution in [0, 0.1) is 0 Å². The van der Waals surface area contributed by atoms with Crippen molar-refractivity contribution < 1.29 is 4.79 Å². The van der Waals surface area contributed by atoms with Gasteiger partial charge in [0.1, 0.15) is 0 Å². The van der Waals surface area contributed by atoms with Crippen LogP contribution in [0.3, 0.4) is 0 Å². The molecule has 16 heavy (non-hydrogen) atoms. The number of hydrogen-bond acceptors (Lipinski definition) is 2. The van der Waals surface area contributed by atoms with Gasteiger partial charge in [0.05, 0.1) is 0 Å². The average molecular weight is 223 g/mol. The molecule has 0 atom stereocenters. The molecule has 0 saturated heterocycles. The smallest absolute Gasteiger partial charge is 0.289 e. The van der Waals surface area contributed by atoms with E-state index >= 15 is 0 Å². The van der Waals surface area contributed by atoms with E-state index in [1.807, 2.05) is 4.90 Å². The molecule has 0 saturated carbocycles. The third-order valence-corrected chi connectivity index (χ3v) is 2.55. The Morgan fingerprint density at radius 3 is 2.38 bits per heavy atom. The van der Waals surface area contributed by atoms with Gasteiger partial charge in [-0.25, -0.2) is 4.98 Å². The number of carbonyl (C=O) groups is 1. The topological polar surface area (TPSA) is 49.0 Å². The molecule has 4 heteroatoms. The van der Waals surface area contributed by atoms with Crippen LogP contribution in [0.15, 0.2) is 12.4 Å². The van der Waals surface area contributed by atoms with Crippen LogP contribution >= 0.6 is 0 Å². The van der Waals surface area contributed by atoms with E-state index in [0.29, 0.717) is 5.82 Å². The van der Waals surface area contributed by atoms with E-state index in [2.05, 4.69) is 23.8 Å². The Labute approximate surface area is 97.1 Å². The summed E-state index contributed by atoms with van der Waals surface area (Å²) in [5.41, 5.74) is 0. The van der Waals surface area contributed by atoms with Crippen molar-refractivity contribution in [2.24, 2.45) is 0 Å². The minimum atomic E-state index is 0.0203. The lowest BCUT2D eigenvalue weighted by Crippen LogP contribution is -2.33. The van der Waals surface area contributed by atoms with Gasteiger partial charge in [0.25, 0.3) is 5.91 Å². The zero-order valence-corrected chi connectivity index (χ0v) is 10.2. The van der Waals surface area contributed by atoms with Gasteiger partial charge < -0.3 is 9.88 Å². The number of nitrogens with zero attached hydrogens (tertiary/aromatic N) is 2. The fourth-order valence-electron chi connectivity index (χ4n) is 1.54. The third-order valence-electron chi connectivity index (χ3n) is 2.55. The van der Waals surface area contributed by atoms with Crippen molar-refractivity contribution in [3.8, 4) is 0 Å². The first-order chi connectivity index (χ1) is 7.79. The highest BCUT2D eigenvalue weighted by Crippen LogP contribution is 2.04. The molecule has 0 aliphatic carbocycles. The maximum Gasteiger partial charge on any atom is 0.289 e. The first kappa shape index (κ1) is 12.7. The van der Waals surface area contributed by atoms with Crippen LogP contribution in [0.2, 0.25) is 0 Å². The zero-order valence-electron chi connectivity index (χ0n) is 10.2. The van der Waals surface area contributed by atoms with Crippen molar-refractivity contribution in [3.63, 3.8) is 0 Å². The third kappa shape index (κ3) is 3.68. The number of imidazole rings is 1. The van der Waals surface area contributed by atoms with Crippen LogP contribution in [0.25, 0.3) is 0 Å². The second-order valence-electron chi connectivity index (χ2n) is 3.94. The first-order valence-electron chi connectivity index (χ1n) is 6.08. The van der Waals surface area contributed by atoms with Crippen molar-refractivity contribution in [1.29, 1.82) is 0 Å². The fraction of sp³-hybridized carbons (Fsp3) is 0.667. The minimum Gasteiger partial charge on any atom is -0.341 e. The number of aromatic nitrogens is 2. The molecule has 0 aliphatic heterocycles. The molecule has 0 fully saturated rings. The van der Waals surface area contributed by atoms with Crippen molar-refractivity contribution in [1.82, 2.24) is 14.9 Å². The highest BCUT2D eigenvalue weighted by atomic mass is 16.2. The molecular formula is C12H21N3O. The van der Waals surface area contributed by atoms with Crippen molar-refractivity contribution in [3.05, 3.63) is 18.2 Å². The van der Waals surface area contributed by atoms with Crippen molar-refractivity contribution in [2.45, 2.75) is 39.5 Å². The van der Waals surface area contributed by atoms with Crippen LogP contribution in [0.1, 0.15) is 50.1 Å². The number of rotatable bonds is 7. The average Bonchev–Trinajstić information content (AvgIpc) is 2.82. The van der Waals surface area contributed by atoms with Gasteiger partial charge in [-0.3, -0.25) is 4.79 Å². The van der Waals surface area contributed by atoms with Crippen LogP contribution in [0.4, 0.5) is 0 Å². The van der Waals surface area contributed by atoms with Gasteiger partial charge in [0.2, 0.25) is 0 Å². The molecule has 1 rings (SSSR count). The minimum absolute atomic E-state index is 0.0203. The van der Waals surface area contributed by atoms with Gasteiger partial charge in [-0.15, -0.1) is 0 Å². The Kier molecular flexibility index (Phi) is 5.61. The lowest BCUT2D eigenvalue weighted by Gasteiger charge is -2.21. The van der Waals surface area contributed by atoms with Crippen LogP contribution in [-0.2, 0) is 0 Å². The van der Waals surface area contributed by atoms with E-state index < -0.39 is 0 Å². The summed E-state index contributed by atoms with van der Waals surface area (Å²) in [6.45, 7) is 5.93.